The van der Waals surface area contributed by atoms with Gasteiger partial charge in [-0.25, -0.2) is 0 Å². The van der Waals surface area contributed by atoms with Crippen LogP contribution in [0.4, 0.5) is 0 Å². The molecule has 0 fully saturated rings. The van der Waals surface area contributed by atoms with Crippen LogP contribution in [-0.4, -0.2) is 48.4 Å². The molecule has 3 N–H and O–H groups in total. The van der Waals surface area contributed by atoms with E-state index < -0.39 is 0 Å². The van der Waals surface area contributed by atoms with Crippen molar-refractivity contribution in [2.45, 2.75) is 136 Å². The quantitative estimate of drug-likeness (QED) is 0.0824. The Kier molecular flexibility index (Phi) is 20.2. The highest BCUT2D eigenvalue weighted by molar-refractivity contribution is 7.09. The van der Waals surface area contributed by atoms with Crippen LogP contribution in [0.15, 0.2) is 35.7 Å². The number of amides is 2. The van der Waals surface area contributed by atoms with E-state index in [1.165, 1.54) is 48.1 Å². The third kappa shape index (κ3) is 16.4. The molecule has 0 saturated heterocycles. The van der Waals surface area contributed by atoms with Crippen LogP contribution in [-0.2, 0) is 33.6 Å². The van der Waals surface area contributed by atoms with Gasteiger partial charge in [0, 0.05) is 43.3 Å². The van der Waals surface area contributed by atoms with Crippen LogP contribution >= 0.6 is 11.3 Å². The molecule has 0 unspecified atom stereocenters. The minimum Gasteiger partial charge on any atom is -0.426 e. The summed E-state index contributed by atoms with van der Waals surface area (Å²) in [6.07, 6.45) is 17.1. The van der Waals surface area contributed by atoms with E-state index in [4.69, 9.17) is 10.5 Å². The van der Waals surface area contributed by atoms with Gasteiger partial charge in [0.25, 0.3) is 0 Å². The first-order chi connectivity index (χ1) is 21.9. The molecule has 8 heteroatoms. The second-order valence-corrected chi connectivity index (χ2v) is 13.2. The average Bonchev–Trinajstić information content (AvgIpc) is 3.56. The number of benzene rings is 1. The molecule has 3 rings (SSSR count). The molecule has 7 nitrogen and oxygen atoms in total. The van der Waals surface area contributed by atoms with E-state index in [1.54, 1.807) is 0 Å². The third-order valence-corrected chi connectivity index (χ3v) is 9.26. The molecule has 1 aliphatic rings. The van der Waals surface area contributed by atoms with E-state index in [1.807, 2.05) is 30.4 Å². The summed E-state index contributed by atoms with van der Waals surface area (Å²) in [7, 11) is 0. The number of esters is 1. The fourth-order valence-corrected chi connectivity index (χ4v) is 6.52. The first-order valence-corrected chi connectivity index (χ1v) is 18.4. The van der Waals surface area contributed by atoms with Crippen LogP contribution < -0.4 is 15.8 Å². The van der Waals surface area contributed by atoms with Crippen LogP contribution in [0.25, 0.3) is 0 Å². The first kappa shape index (κ1) is 38.5. The fourth-order valence-electron chi connectivity index (χ4n) is 5.83. The van der Waals surface area contributed by atoms with Crippen molar-refractivity contribution in [1.82, 2.24) is 10.2 Å². The summed E-state index contributed by atoms with van der Waals surface area (Å²) in [5, 5.41) is 5.05. The van der Waals surface area contributed by atoms with Gasteiger partial charge in [-0.1, -0.05) is 77.5 Å². The minimum absolute atomic E-state index is 0.149. The molecule has 2 amide bonds. The van der Waals surface area contributed by atoms with Crippen molar-refractivity contribution < 1.29 is 19.1 Å². The molecule has 0 spiro atoms. The molecular formula is C37H59N3O4S. The number of fused-ring (bicyclic) bond motifs is 1. The molecule has 2 aromatic rings. The van der Waals surface area contributed by atoms with E-state index in [9.17, 15) is 14.4 Å². The largest absolute Gasteiger partial charge is 0.426 e. The molecular weight excluding hydrogens is 582 g/mol. The lowest BCUT2D eigenvalue weighted by Crippen LogP contribution is -2.41. The second kappa shape index (κ2) is 23.6. The number of nitrogens with zero attached hydrogens (tertiary/aromatic N) is 1. The van der Waals surface area contributed by atoms with Crippen molar-refractivity contribution in [3.8, 4) is 5.75 Å². The van der Waals surface area contributed by atoms with Gasteiger partial charge in [0.2, 0.25) is 11.8 Å². The van der Waals surface area contributed by atoms with E-state index in [0.717, 1.165) is 83.2 Å². The van der Waals surface area contributed by atoms with E-state index >= 15 is 0 Å². The molecule has 1 aromatic heterocycles. The number of primary amides is 1. The number of nitrogens with two attached hydrogens (primary N) is 1. The molecule has 1 aliphatic carbocycles. The van der Waals surface area contributed by atoms with Gasteiger partial charge in [-0.2, -0.15) is 0 Å². The fraction of sp³-hybridized carbons (Fsp3) is 0.649. The highest BCUT2D eigenvalue weighted by Crippen LogP contribution is 2.32. The van der Waals surface area contributed by atoms with Crippen molar-refractivity contribution in [1.29, 1.82) is 0 Å². The van der Waals surface area contributed by atoms with Crippen LogP contribution in [0.1, 0.15) is 127 Å². The lowest BCUT2D eigenvalue weighted by molar-refractivity contribution is -0.134. The number of carbonyl (C=O) groups excluding carboxylic acids is 3. The number of thiophene rings is 1. The van der Waals surface area contributed by atoms with Crippen molar-refractivity contribution in [2.75, 3.05) is 19.6 Å². The summed E-state index contributed by atoms with van der Waals surface area (Å²) < 4.78 is 5.55. The maximum absolute atomic E-state index is 11.7. The van der Waals surface area contributed by atoms with Crippen molar-refractivity contribution in [2.24, 2.45) is 5.73 Å². The summed E-state index contributed by atoms with van der Waals surface area (Å²) >= 11 is 1.85. The Bertz CT molecular complexity index is 1110. The normalized spacial score (nSPS) is 13.9. The van der Waals surface area contributed by atoms with Gasteiger partial charge in [0.1, 0.15) is 5.75 Å². The number of rotatable bonds is 21. The lowest BCUT2D eigenvalue weighted by Gasteiger charge is -2.35. The molecule has 0 saturated carbocycles. The van der Waals surface area contributed by atoms with Gasteiger partial charge in [-0.3, -0.25) is 19.3 Å². The van der Waals surface area contributed by atoms with Crippen LogP contribution in [0.5, 0.6) is 5.75 Å². The Morgan fingerprint density at radius 3 is 2.24 bits per heavy atom. The molecule has 0 aliphatic heterocycles. The van der Waals surface area contributed by atoms with Gasteiger partial charge in [-0.15, -0.1) is 11.3 Å². The summed E-state index contributed by atoms with van der Waals surface area (Å²) in [6, 6.07) is 11.1. The maximum Gasteiger partial charge on any atom is 0.310 e. The zero-order valence-electron chi connectivity index (χ0n) is 28.2. The molecule has 1 atom stereocenters. The second-order valence-electron chi connectivity index (χ2n) is 12.1. The molecule has 252 valence electrons. The summed E-state index contributed by atoms with van der Waals surface area (Å²) in [6.45, 7) is 9.23. The number of unbranched alkanes of at least 4 members (excludes halogenated alkanes) is 7. The zero-order chi connectivity index (χ0) is 32.7. The van der Waals surface area contributed by atoms with Gasteiger partial charge < -0.3 is 15.8 Å². The summed E-state index contributed by atoms with van der Waals surface area (Å²) in [4.78, 5) is 37.7. The zero-order valence-corrected chi connectivity index (χ0v) is 29.1. The summed E-state index contributed by atoms with van der Waals surface area (Å²) in [5.74, 6) is 0.618. The van der Waals surface area contributed by atoms with Gasteiger partial charge in [-0.05, 0) is 86.6 Å². The van der Waals surface area contributed by atoms with Crippen LogP contribution in [0, 0.1) is 0 Å². The van der Waals surface area contributed by atoms with Gasteiger partial charge in [0.05, 0.1) is 0 Å². The minimum atomic E-state index is -0.193. The SMILES string of the molecule is CCCN(CCc1cccs1)[C@@H]1CCc2c(cccc2OC(=O)CC)C1.CCCNC(=O)CCCCCCCCCCC(N)=O. The number of ether oxygens (including phenoxy) is 1. The molecule has 0 bridgehead atoms. The molecule has 1 aromatic carbocycles. The monoisotopic (exact) mass is 641 g/mol. The maximum atomic E-state index is 11.7. The number of hydrogen-bond acceptors (Lipinski definition) is 6. The van der Waals surface area contributed by atoms with E-state index in [2.05, 4.69) is 47.6 Å². The predicted molar refractivity (Wildman–Crippen MR) is 187 cm³/mol. The Hall–Kier alpha value is -2.71. The molecule has 1 heterocycles. The molecule has 45 heavy (non-hydrogen) atoms. The van der Waals surface area contributed by atoms with Crippen molar-refractivity contribution in [3.63, 3.8) is 0 Å². The average molecular weight is 642 g/mol. The standard InChI is InChI=1S/C22H29NO2S.C15H30N2O2/c1-3-13-23(14-12-19-8-6-15-26-19)18-10-11-20-17(16-18)7-5-9-21(20)25-22(24)4-2;1-2-13-17-15(19)12-10-8-6-4-3-5-7-9-11-14(16)18/h5-9,15,18H,3-4,10-14,16H2,1-2H3;2-13H2,1H3,(H2,16,18)(H,17,19)/t18-;/m1./s1. The highest BCUT2D eigenvalue weighted by atomic mass is 32.1. The Morgan fingerprint density at radius 2 is 1.62 bits per heavy atom. The van der Waals surface area contributed by atoms with Crippen molar-refractivity contribution >= 4 is 29.1 Å². The first-order valence-electron chi connectivity index (χ1n) is 17.5. The van der Waals surface area contributed by atoms with Crippen molar-refractivity contribution in [3.05, 3.63) is 51.7 Å². The predicted octanol–water partition coefficient (Wildman–Crippen LogP) is 7.77. The smallest absolute Gasteiger partial charge is 0.310 e. The number of hydrogen-bond donors (Lipinski definition) is 2. The Labute approximate surface area is 276 Å². The van der Waals surface area contributed by atoms with Crippen LogP contribution in [0.2, 0.25) is 0 Å². The summed E-state index contributed by atoms with van der Waals surface area (Å²) in [5.41, 5.74) is 7.65. The number of nitrogens with one attached hydrogen (secondary N) is 1. The van der Waals surface area contributed by atoms with E-state index in [-0.39, 0.29) is 17.8 Å². The highest BCUT2D eigenvalue weighted by Gasteiger charge is 2.26. The topological polar surface area (TPSA) is 102 Å². The Balaban J connectivity index is 0.000000332. The van der Waals surface area contributed by atoms with E-state index in [0.29, 0.717) is 25.3 Å². The third-order valence-electron chi connectivity index (χ3n) is 8.33. The lowest BCUT2D eigenvalue weighted by atomic mass is 9.86. The molecule has 0 radical (unpaired) electrons. The van der Waals surface area contributed by atoms with Crippen LogP contribution in [0.3, 0.4) is 0 Å². The Morgan fingerprint density at radius 1 is 0.911 bits per heavy atom. The number of carbonyl (C=O) groups is 3. The van der Waals surface area contributed by atoms with Gasteiger partial charge in [0.15, 0.2) is 0 Å². The van der Waals surface area contributed by atoms with Gasteiger partial charge >= 0.3 is 5.97 Å².